The Morgan fingerprint density at radius 2 is 2.23 bits per heavy atom. The van der Waals surface area contributed by atoms with E-state index < -0.39 is 5.97 Å². The molecule has 0 atom stereocenters. The van der Waals surface area contributed by atoms with Gasteiger partial charge in [-0.1, -0.05) is 6.92 Å². The maximum atomic E-state index is 10.6. The van der Waals surface area contributed by atoms with Crippen LogP contribution in [0.2, 0.25) is 0 Å². The Morgan fingerprint density at radius 3 is 2.62 bits per heavy atom. The van der Waals surface area contributed by atoms with Crippen LogP contribution in [0.3, 0.4) is 0 Å². The molecule has 0 spiro atoms. The van der Waals surface area contributed by atoms with Gasteiger partial charge in [-0.3, -0.25) is 4.79 Å². The van der Waals surface area contributed by atoms with Crippen molar-refractivity contribution in [3.63, 3.8) is 0 Å². The van der Waals surface area contributed by atoms with Crippen molar-refractivity contribution in [1.82, 2.24) is 4.57 Å². The molecule has 0 aliphatic heterocycles. The van der Waals surface area contributed by atoms with Crippen LogP contribution in [0, 0.1) is 6.92 Å². The molecule has 1 heterocycles. The van der Waals surface area contributed by atoms with E-state index in [0.717, 1.165) is 17.7 Å². The number of carboxylic acids is 1. The van der Waals surface area contributed by atoms with E-state index >= 15 is 0 Å². The van der Waals surface area contributed by atoms with E-state index in [2.05, 4.69) is 13.0 Å². The Labute approximate surface area is 78.0 Å². The van der Waals surface area contributed by atoms with Crippen LogP contribution >= 0.6 is 0 Å². The molecule has 0 amide bonds. The van der Waals surface area contributed by atoms with E-state index in [1.807, 2.05) is 18.5 Å². The highest BCUT2D eigenvalue weighted by Gasteiger charge is 2.10. The quantitative estimate of drug-likeness (QED) is 0.768. The number of carboxylic acid groups (broad SMARTS) is 1. The van der Waals surface area contributed by atoms with Crippen LogP contribution in [0.5, 0.6) is 0 Å². The van der Waals surface area contributed by atoms with Crippen molar-refractivity contribution in [1.29, 1.82) is 0 Å². The van der Waals surface area contributed by atoms with Gasteiger partial charge in [0.1, 0.15) is 0 Å². The zero-order valence-electron chi connectivity index (χ0n) is 8.29. The van der Waals surface area contributed by atoms with Gasteiger partial charge in [-0.15, -0.1) is 0 Å². The summed E-state index contributed by atoms with van der Waals surface area (Å²) in [5.74, 6) is -0.771. The first-order valence-electron chi connectivity index (χ1n) is 4.42. The predicted octanol–water partition coefficient (Wildman–Crippen LogP) is 1.52. The second-order valence-electron chi connectivity index (χ2n) is 3.25. The fraction of sp³-hybridized carbons (Fsp3) is 0.500. The lowest BCUT2D eigenvalue weighted by molar-refractivity contribution is -0.136. The fourth-order valence-corrected chi connectivity index (χ4v) is 1.61. The molecule has 13 heavy (non-hydrogen) atoms. The number of aryl methyl sites for hydroxylation is 2. The summed E-state index contributed by atoms with van der Waals surface area (Å²) in [4.78, 5) is 10.6. The van der Waals surface area contributed by atoms with E-state index in [1.54, 1.807) is 0 Å². The number of nitrogens with zero attached hydrogens (tertiary/aromatic N) is 1. The third-order valence-electron chi connectivity index (χ3n) is 2.35. The molecule has 0 radical (unpaired) electrons. The molecular formula is C10H15NO2. The smallest absolute Gasteiger partial charge is 0.309 e. The van der Waals surface area contributed by atoms with Gasteiger partial charge in [-0.05, 0) is 25.0 Å². The summed E-state index contributed by atoms with van der Waals surface area (Å²) in [5, 5.41) is 8.68. The van der Waals surface area contributed by atoms with Crippen LogP contribution in [0.4, 0.5) is 0 Å². The van der Waals surface area contributed by atoms with Gasteiger partial charge in [0.15, 0.2) is 0 Å². The number of carbonyl (C=O) groups is 1. The zero-order chi connectivity index (χ0) is 10.0. The van der Waals surface area contributed by atoms with Crippen molar-refractivity contribution in [2.45, 2.75) is 26.7 Å². The molecule has 0 aliphatic rings. The SMILES string of the molecule is CCc1cc(C)c(CC(=O)O)n1C. The number of hydrogen-bond acceptors (Lipinski definition) is 1. The molecule has 0 bridgehead atoms. The van der Waals surface area contributed by atoms with Crippen molar-refractivity contribution >= 4 is 5.97 Å². The van der Waals surface area contributed by atoms with E-state index in [9.17, 15) is 4.79 Å². The van der Waals surface area contributed by atoms with Crippen LogP contribution in [0.1, 0.15) is 23.9 Å². The van der Waals surface area contributed by atoms with Gasteiger partial charge in [-0.25, -0.2) is 0 Å². The zero-order valence-corrected chi connectivity index (χ0v) is 8.29. The summed E-state index contributed by atoms with van der Waals surface area (Å²) in [6.07, 6.45) is 1.05. The molecule has 0 aromatic carbocycles. The first kappa shape index (κ1) is 9.84. The summed E-state index contributed by atoms with van der Waals surface area (Å²) in [6, 6.07) is 2.05. The average molecular weight is 181 g/mol. The number of rotatable bonds is 3. The van der Waals surface area contributed by atoms with Gasteiger partial charge in [0.2, 0.25) is 0 Å². The summed E-state index contributed by atoms with van der Waals surface area (Å²) in [7, 11) is 1.92. The van der Waals surface area contributed by atoms with Crippen LogP contribution in [0.25, 0.3) is 0 Å². The highest BCUT2D eigenvalue weighted by atomic mass is 16.4. The second kappa shape index (κ2) is 3.64. The number of hydrogen-bond donors (Lipinski definition) is 1. The van der Waals surface area contributed by atoms with E-state index in [1.165, 1.54) is 5.69 Å². The van der Waals surface area contributed by atoms with Gasteiger partial charge in [0, 0.05) is 18.4 Å². The molecular weight excluding hydrogens is 166 g/mol. The Balaban J connectivity index is 3.05. The molecule has 0 saturated carbocycles. The highest BCUT2D eigenvalue weighted by molar-refractivity contribution is 5.70. The predicted molar refractivity (Wildman–Crippen MR) is 50.9 cm³/mol. The topological polar surface area (TPSA) is 42.2 Å². The van der Waals surface area contributed by atoms with E-state index in [0.29, 0.717) is 0 Å². The minimum absolute atomic E-state index is 0.113. The molecule has 1 aromatic rings. The maximum absolute atomic E-state index is 10.6. The monoisotopic (exact) mass is 181 g/mol. The summed E-state index contributed by atoms with van der Waals surface area (Å²) in [5.41, 5.74) is 3.17. The number of aliphatic carboxylic acids is 1. The van der Waals surface area contributed by atoms with Crippen LogP contribution in [0.15, 0.2) is 6.07 Å². The molecule has 72 valence electrons. The van der Waals surface area contributed by atoms with Gasteiger partial charge < -0.3 is 9.67 Å². The third kappa shape index (κ3) is 1.91. The Morgan fingerprint density at radius 1 is 1.62 bits per heavy atom. The maximum Gasteiger partial charge on any atom is 0.309 e. The van der Waals surface area contributed by atoms with Gasteiger partial charge >= 0.3 is 5.97 Å². The van der Waals surface area contributed by atoms with Gasteiger partial charge in [0.25, 0.3) is 0 Å². The van der Waals surface area contributed by atoms with Crippen LogP contribution in [-0.4, -0.2) is 15.6 Å². The molecule has 0 aliphatic carbocycles. The normalized spacial score (nSPS) is 10.4. The fourth-order valence-electron chi connectivity index (χ4n) is 1.61. The lowest BCUT2D eigenvalue weighted by Gasteiger charge is -2.04. The molecule has 3 nitrogen and oxygen atoms in total. The van der Waals surface area contributed by atoms with Gasteiger partial charge in [-0.2, -0.15) is 0 Å². The first-order valence-corrected chi connectivity index (χ1v) is 4.42. The molecule has 1 aromatic heterocycles. The van der Waals surface area contributed by atoms with E-state index in [4.69, 9.17) is 5.11 Å². The summed E-state index contributed by atoms with van der Waals surface area (Å²) in [6.45, 7) is 4.02. The standard InChI is InChI=1S/C10H15NO2/c1-4-8-5-7(2)9(11(8)3)6-10(12)13/h5H,4,6H2,1-3H3,(H,12,13). The Hall–Kier alpha value is -1.25. The average Bonchev–Trinajstić information content (AvgIpc) is 2.31. The molecule has 1 rings (SSSR count). The molecule has 0 unspecified atom stereocenters. The second-order valence-corrected chi connectivity index (χ2v) is 3.25. The van der Waals surface area contributed by atoms with Crippen molar-refractivity contribution in [3.8, 4) is 0 Å². The van der Waals surface area contributed by atoms with Crippen LogP contribution < -0.4 is 0 Å². The van der Waals surface area contributed by atoms with Gasteiger partial charge in [0.05, 0.1) is 6.42 Å². The lowest BCUT2D eigenvalue weighted by Crippen LogP contribution is -2.07. The van der Waals surface area contributed by atoms with E-state index in [-0.39, 0.29) is 6.42 Å². The largest absolute Gasteiger partial charge is 0.481 e. The molecule has 0 fully saturated rings. The first-order chi connectivity index (χ1) is 6.06. The number of aromatic nitrogens is 1. The van der Waals surface area contributed by atoms with Crippen molar-refractivity contribution < 1.29 is 9.90 Å². The Bertz CT molecular complexity index is 326. The van der Waals surface area contributed by atoms with Crippen molar-refractivity contribution in [3.05, 3.63) is 23.0 Å². The summed E-state index contributed by atoms with van der Waals surface area (Å²) < 4.78 is 1.98. The third-order valence-corrected chi connectivity index (χ3v) is 2.35. The minimum Gasteiger partial charge on any atom is -0.481 e. The lowest BCUT2D eigenvalue weighted by atomic mass is 10.2. The Kier molecular flexibility index (Phi) is 2.76. The molecule has 0 saturated heterocycles. The summed E-state index contributed by atoms with van der Waals surface area (Å²) >= 11 is 0. The van der Waals surface area contributed by atoms with Crippen LogP contribution in [-0.2, 0) is 24.7 Å². The van der Waals surface area contributed by atoms with Crippen molar-refractivity contribution in [2.75, 3.05) is 0 Å². The minimum atomic E-state index is -0.771. The molecule has 3 heteroatoms. The van der Waals surface area contributed by atoms with Crippen molar-refractivity contribution in [2.24, 2.45) is 7.05 Å². The highest BCUT2D eigenvalue weighted by Crippen LogP contribution is 2.14. The molecule has 1 N–H and O–H groups in total.